The molecule has 5 rings (SSSR count). The summed E-state index contributed by atoms with van der Waals surface area (Å²) in [6.07, 6.45) is -0.541. The number of hydrogen-bond acceptors (Lipinski definition) is 6. The summed E-state index contributed by atoms with van der Waals surface area (Å²) >= 11 is 0. The Morgan fingerprint density at radius 3 is 2.44 bits per heavy atom. The van der Waals surface area contributed by atoms with Gasteiger partial charge >= 0.3 is 0 Å². The Bertz CT molecular complexity index is 932. The fourth-order valence-electron chi connectivity index (χ4n) is 4.84. The van der Waals surface area contributed by atoms with Crippen molar-refractivity contribution in [1.29, 1.82) is 0 Å². The molecule has 7 heteroatoms. The van der Waals surface area contributed by atoms with Crippen LogP contribution in [0.4, 0.5) is 5.95 Å². The van der Waals surface area contributed by atoms with E-state index in [2.05, 4.69) is 27.7 Å². The largest absolute Gasteiger partial charge is 0.396 e. The van der Waals surface area contributed by atoms with Crippen molar-refractivity contribution in [3.63, 3.8) is 0 Å². The molecule has 1 saturated heterocycles. The summed E-state index contributed by atoms with van der Waals surface area (Å²) in [7, 11) is 0. The van der Waals surface area contributed by atoms with Gasteiger partial charge in [0.25, 0.3) is 0 Å². The second-order valence-electron chi connectivity index (χ2n) is 7.41. The molecular formula is C20H21N5O2. The van der Waals surface area contributed by atoms with Gasteiger partial charge in [-0.2, -0.15) is 4.68 Å². The maximum Gasteiger partial charge on any atom is 0.250 e. The normalized spacial score (nSPS) is 29.4. The zero-order valence-electron chi connectivity index (χ0n) is 14.8. The predicted octanol–water partition coefficient (Wildman–Crippen LogP) is 1.24. The van der Waals surface area contributed by atoms with Crippen molar-refractivity contribution in [1.82, 2.24) is 20.2 Å². The quantitative estimate of drug-likeness (QED) is 0.725. The lowest BCUT2D eigenvalue weighted by Gasteiger charge is -2.17. The van der Waals surface area contributed by atoms with Crippen molar-refractivity contribution in [3.05, 3.63) is 66.2 Å². The van der Waals surface area contributed by atoms with Crippen LogP contribution in [0.2, 0.25) is 0 Å². The number of tetrazole rings is 1. The maximum atomic E-state index is 11.0. The van der Waals surface area contributed by atoms with Crippen LogP contribution in [0.1, 0.15) is 11.5 Å². The molecule has 2 aromatic carbocycles. The molecule has 3 aromatic rings. The number of β-amino-alcohol motifs (C(OH)–C–C–N with tert-alkyl or cyclic N) is 1. The highest BCUT2D eigenvalue weighted by molar-refractivity contribution is 5.47. The van der Waals surface area contributed by atoms with Gasteiger partial charge in [0.15, 0.2) is 0 Å². The standard InChI is InChI=1S/C20H21N5O2/c26-12-16-18(14-7-3-1-4-8-14)20(16)13-24(11-17(20)27)19-21-22-23-25(19)15-9-5-2-6-10-15/h1-10,16-18,26-27H,11-13H2/t16-,17-,18-,20-/m1/s1. The zero-order chi connectivity index (χ0) is 18.4. The van der Waals surface area contributed by atoms with E-state index >= 15 is 0 Å². The van der Waals surface area contributed by atoms with Gasteiger partial charge in [-0.15, -0.1) is 0 Å². The number of para-hydroxylation sites is 1. The van der Waals surface area contributed by atoms with Crippen LogP contribution in [0.15, 0.2) is 60.7 Å². The minimum atomic E-state index is -0.541. The zero-order valence-corrected chi connectivity index (χ0v) is 14.8. The van der Waals surface area contributed by atoms with Gasteiger partial charge in [-0.25, -0.2) is 0 Å². The Balaban J connectivity index is 1.47. The van der Waals surface area contributed by atoms with E-state index in [9.17, 15) is 10.2 Å². The van der Waals surface area contributed by atoms with Gasteiger partial charge in [-0.05, 0) is 40.0 Å². The van der Waals surface area contributed by atoms with E-state index in [1.54, 1.807) is 4.68 Å². The van der Waals surface area contributed by atoms with E-state index in [4.69, 9.17) is 0 Å². The van der Waals surface area contributed by atoms with Crippen molar-refractivity contribution < 1.29 is 10.2 Å². The van der Waals surface area contributed by atoms with Crippen molar-refractivity contribution >= 4 is 5.95 Å². The monoisotopic (exact) mass is 363 g/mol. The molecule has 0 bridgehead atoms. The van der Waals surface area contributed by atoms with Crippen LogP contribution >= 0.6 is 0 Å². The maximum absolute atomic E-state index is 11.0. The van der Waals surface area contributed by atoms with Crippen LogP contribution in [0.5, 0.6) is 0 Å². The average molecular weight is 363 g/mol. The summed E-state index contributed by atoms with van der Waals surface area (Å²) in [5, 5.41) is 33.1. The molecule has 1 spiro atoms. The molecule has 1 aromatic heterocycles. The molecule has 0 radical (unpaired) electrons. The minimum Gasteiger partial charge on any atom is -0.396 e. The summed E-state index contributed by atoms with van der Waals surface area (Å²) in [5.74, 6) is 0.804. The molecule has 4 atom stereocenters. The van der Waals surface area contributed by atoms with E-state index in [-0.39, 0.29) is 23.9 Å². The summed E-state index contributed by atoms with van der Waals surface area (Å²) in [6.45, 7) is 1.13. The van der Waals surface area contributed by atoms with Gasteiger partial charge in [-0.1, -0.05) is 53.6 Å². The lowest BCUT2D eigenvalue weighted by atomic mass is 9.95. The van der Waals surface area contributed by atoms with Crippen molar-refractivity contribution in [2.75, 3.05) is 24.6 Å². The lowest BCUT2D eigenvalue weighted by molar-refractivity contribution is 0.113. The molecule has 27 heavy (non-hydrogen) atoms. The number of aliphatic hydroxyl groups is 2. The average Bonchev–Trinajstić information content (AvgIpc) is 2.98. The van der Waals surface area contributed by atoms with Crippen molar-refractivity contribution in [2.45, 2.75) is 12.0 Å². The molecule has 2 N–H and O–H groups in total. The van der Waals surface area contributed by atoms with Crippen LogP contribution in [0, 0.1) is 11.3 Å². The molecule has 1 aliphatic heterocycles. The van der Waals surface area contributed by atoms with Gasteiger partial charge in [-0.3, -0.25) is 0 Å². The molecule has 0 amide bonds. The topological polar surface area (TPSA) is 87.3 Å². The minimum absolute atomic E-state index is 0.0426. The molecule has 1 saturated carbocycles. The molecular weight excluding hydrogens is 342 g/mol. The van der Waals surface area contributed by atoms with Crippen LogP contribution in [-0.2, 0) is 0 Å². The molecule has 138 valence electrons. The first-order valence-electron chi connectivity index (χ1n) is 9.18. The van der Waals surface area contributed by atoms with Crippen LogP contribution in [-0.4, -0.2) is 56.2 Å². The Kier molecular flexibility index (Phi) is 3.73. The Labute approximate surface area is 156 Å². The molecule has 0 unspecified atom stereocenters. The van der Waals surface area contributed by atoms with Gasteiger partial charge in [0.1, 0.15) is 0 Å². The van der Waals surface area contributed by atoms with E-state index in [0.29, 0.717) is 19.0 Å². The highest BCUT2D eigenvalue weighted by Gasteiger charge is 2.71. The summed E-state index contributed by atoms with van der Waals surface area (Å²) < 4.78 is 1.69. The Hall–Kier alpha value is -2.77. The van der Waals surface area contributed by atoms with E-state index in [1.807, 2.05) is 53.4 Å². The van der Waals surface area contributed by atoms with E-state index < -0.39 is 6.10 Å². The first kappa shape index (κ1) is 16.4. The second-order valence-corrected chi connectivity index (χ2v) is 7.41. The summed E-state index contributed by atoms with van der Waals surface area (Å²) in [5.41, 5.74) is 1.69. The third-order valence-corrected chi connectivity index (χ3v) is 6.13. The van der Waals surface area contributed by atoms with Gasteiger partial charge < -0.3 is 15.1 Å². The number of anilines is 1. The number of hydrogen-bond donors (Lipinski definition) is 2. The SMILES string of the molecule is OC[C@@H]1[C@@H](c2ccccc2)[C@]12CN(c1nnnn1-c1ccccc1)C[C@H]2O. The van der Waals surface area contributed by atoms with Crippen molar-refractivity contribution in [2.24, 2.45) is 11.3 Å². The van der Waals surface area contributed by atoms with E-state index in [0.717, 1.165) is 5.69 Å². The fourth-order valence-corrected chi connectivity index (χ4v) is 4.84. The highest BCUT2D eigenvalue weighted by Crippen LogP contribution is 2.68. The van der Waals surface area contributed by atoms with Gasteiger partial charge in [0.05, 0.1) is 11.8 Å². The predicted molar refractivity (Wildman–Crippen MR) is 99.6 cm³/mol. The molecule has 2 fully saturated rings. The highest BCUT2D eigenvalue weighted by atomic mass is 16.3. The first-order chi connectivity index (χ1) is 13.3. The smallest absolute Gasteiger partial charge is 0.250 e. The van der Waals surface area contributed by atoms with E-state index in [1.165, 1.54) is 5.56 Å². The van der Waals surface area contributed by atoms with Crippen LogP contribution in [0.25, 0.3) is 5.69 Å². The summed E-state index contributed by atoms with van der Waals surface area (Å²) in [6, 6.07) is 19.9. The lowest BCUT2D eigenvalue weighted by Crippen LogP contribution is -2.24. The number of benzene rings is 2. The number of nitrogens with zero attached hydrogens (tertiary/aromatic N) is 5. The summed E-state index contributed by atoms with van der Waals surface area (Å²) in [4.78, 5) is 2.03. The van der Waals surface area contributed by atoms with Crippen LogP contribution < -0.4 is 4.90 Å². The Morgan fingerprint density at radius 1 is 1.04 bits per heavy atom. The van der Waals surface area contributed by atoms with Crippen LogP contribution in [0.3, 0.4) is 0 Å². The molecule has 7 nitrogen and oxygen atoms in total. The third kappa shape index (κ3) is 2.39. The number of rotatable bonds is 4. The van der Waals surface area contributed by atoms with Gasteiger partial charge in [0.2, 0.25) is 5.95 Å². The fraction of sp³-hybridized carbons (Fsp3) is 0.350. The molecule has 1 aliphatic carbocycles. The molecule has 2 heterocycles. The third-order valence-electron chi connectivity index (χ3n) is 6.13. The molecule has 2 aliphatic rings. The number of aliphatic hydroxyl groups excluding tert-OH is 2. The van der Waals surface area contributed by atoms with Gasteiger partial charge in [0, 0.05) is 25.1 Å². The second kappa shape index (κ2) is 6.14. The van der Waals surface area contributed by atoms with Crippen molar-refractivity contribution in [3.8, 4) is 5.69 Å². The Morgan fingerprint density at radius 2 is 1.74 bits per heavy atom. The first-order valence-corrected chi connectivity index (χ1v) is 9.18. The number of aromatic nitrogens is 4.